The molecule has 35 heavy (non-hydrogen) atoms. The number of aliphatic carboxylic acids is 1. The van der Waals surface area contributed by atoms with E-state index in [-0.39, 0.29) is 28.1 Å². The molecule has 0 atom stereocenters. The summed E-state index contributed by atoms with van der Waals surface area (Å²) < 4.78 is 76.9. The van der Waals surface area contributed by atoms with Crippen LogP contribution in [0.4, 0.5) is 29.1 Å². The predicted octanol–water partition coefficient (Wildman–Crippen LogP) is 4.39. The Labute approximate surface area is 200 Å². The fraction of sp³-hybridized carbons (Fsp3) is 0.150. The van der Waals surface area contributed by atoms with Crippen LogP contribution >= 0.6 is 11.6 Å². The van der Waals surface area contributed by atoms with Crippen molar-refractivity contribution in [1.82, 2.24) is 5.16 Å². The number of carbonyl (C=O) groups excluding carboxylic acids is 1. The molecule has 9 nitrogen and oxygen atoms in total. The molecule has 0 fully saturated rings. The molecule has 1 amide bonds. The largest absolute Gasteiger partial charge is 0.490 e. The predicted molar refractivity (Wildman–Crippen MR) is 116 cm³/mol. The molecule has 1 heterocycles. The van der Waals surface area contributed by atoms with E-state index in [1.54, 1.807) is 13.0 Å². The van der Waals surface area contributed by atoms with E-state index in [0.717, 1.165) is 0 Å². The highest BCUT2D eigenvalue weighted by atomic mass is 35.5. The van der Waals surface area contributed by atoms with Gasteiger partial charge < -0.3 is 14.9 Å². The van der Waals surface area contributed by atoms with E-state index in [0.29, 0.717) is 17.0 Å². The number of amides is 1. The quantitative estimate of drug-likeness (QED) is 0.396. The Morgan fingerprint density at radius 1 is 1.11 bits per heavy atom. The molecule has 0 bridgehead atoms. The fourth-order valence-corrected chi connectivity index (χ4v) is 3.47. The molecule has 0 saturated heterocycles. The van der Waals surface area contributed by atoms with Crippen LogP contribution in [0.25, 0.3) is 0 Å². The van der Waals surface area contributed by atoms with Crippen LogP contribution in [0.1, 0.15) is 11.3 Å². The van der Waals surface area contributed by atoms with E-state index in [1.807, 2.05) is 0 Å². The topological polar surface area (TPSA) is 139 Å². The van der Waals surface area contributed by atoms with E-state index >= 15 is 0 Å². The summed E-state index contributed by atoms with van der Waals surface area (Å²) >= 11 is 5.61. The van der Waals surface area contributed by atoms with Crippen LogP contribution < -0.4 is 10.0 Å². The number of aryl methyl sites for hydroxylation is 1. The van der Waals surface area contributed by atoms with Gasteiger partial charge >= 0.3 is 12.1 Å². The first-order valence-corrected chi connectivity index (χ1v) is 11.1. The number of carboxylic acid groups (broad SMARTS) is 1. The number of nitrogens with one attached hydrogen (secondary N) is 2. The molecule has 188 valence electrons. The monoisotopic (exact) mass is 537 g/mol. The number of hydrogen-bond donors (Lipinski definition) is 3. The van der Waals surface area contributed by atoms with Gasteiger partial charge in [0.25, 0.3) is 10.0 Å². The molecule has 3 aromatic rings. The molecule has 3 rings (SSSR count). The molecule has 0 aliphatic heterocycles. The van der Waals surface area contributed by atoms with Crippen LogP contribution in [-0.4, -0.2) is 36.7 Å². The number of carboxylic acids is 1. The second kappa shape index (κ2) is 11.2. The smallest absolute Gasteiger partial charge is 0.475 e. The summed E-state index contributed by atoms with van der Waals surface area (Å²) in [5.74, 6) is -3.20. The van der Waals surface area contributed by atoms with Crippen molar-refractivity contribution in [2.24, 2.45) is 0 Å². The lowest BCUT2D eigenvalue weighted by atomic mass is 10.1. The third-order valence-corrected chi connectivity index (χ3v) is 5.58. The number of halogens is 5. The average Bonchev–Trinajstić information content (AvgIpc) is 3.14. The molecule has 0 saturated carbocycles. The molecule has 2 aromatic carbocycles. The highest BCUT2D eigenvalue weighted by Crippen LogP contribution is 2.19. The number of rotatable bonds is 6. The minimum absolute atomic E-state index is 0.00840. The number of hydrogen-bond acceptors (Lipinski definition) is 6. The Kier molecular flexibility index (Phi) is 8.82. The van der Waals surface area contributed by atoms with Gasteiger partial charge in [-0.1, -0.05) is 22.8 Å². The zero-order valence-corrected chi connectivity index (χ0v) is 19.1. The molecular formula is C20H16ClF4N3O6S. The number of alkyl halides is 3. The lowest BCUT2D eigenvalue weighted by Gasteiger charge is -2.08. The van der Waals surface area contributed by atoms with E-state index in [9.17, 15) is 30.8 Å². The normalized spacial score (nSPS) is 11.3. The molecule has 1 aromatic heterocycles. The Morgan fingerprint density at radius 2 is 1.71 bits per heavy atom. The van der Waals surface area contributed by atoms with E-state index in [2.05, 4.69) is 15.2 Å². The van der Waals surface area contributed by atoms with Gasteiger partial charge in [0.1, 0.15) is 11.6 Å². The summed E-state index contributed by atoms with van der Waals surface area (Å²) in [6.45, 7) is 1.64. The Morgan fingerprint density at radius 3 is 2.20 bits per heavy atom. The average molecular weight is 538 g/mol. The first kappa shape index (κ1) is 27.6. The number of anilines is 2. The van der Waals surface area contributed by atoms with E-state index in [1.165, 1.54) is 42.5 Å². The number of sulfonamides is 1. The van der Waals surface area contributed by atoms with Crippen LogP contribution in [-0.2, 0) is 26.0 Å². The van der Waals surface area contributed by atoms with Crippen LogP contribution in [0.2, 0.25) is 5.02 Å². The van der Waals surface area contributed by atoms with Crippen molar-refractivity contribution in [3.63, 3.8) is 0 Å². The SMILES string of the molecule is Cc1cc(NS(=O)(=O)c2ccc(NC(=O)Cc3ccc(Cl)c(F)c3)cc2)no1.O=C(O)C(F)(F)F. The summed E-state index contributed by atoms with van der Waals surface area (Å²) in [5, 5.41) is 13.3. The van der Waals surface area contributed by atoms with Gasteiger partial charge in [-0.15, -0.1) is 0 Å². The highest BCUT2D eigenvalue weighted by Gasteiger charge is 2.38. The lowest BCUT2D eigenvalue weighted by molar-refractivity contribution is -0.192. The van der Waals surface area contributed by atoms with Crippen molar-refractivity contribution >= 4 is 45.0 Å². The summed E-state index contributed by atoms with van der Waals surface area (Å²) in [5.41, 5.74) is 0.862. The molecular weight excluding hydrogens is 522 g/mol. The van der Waals surface area contributed by atoms with Crippen molar-refractivity contribution in [3.05, 3.63) is 70.7 Å². The standard InChI is InChI=1S/C18H15ClFN3O4S.C2HF3O2/c1-11-8-17(22-27-11)23-28(25,26)14-5-3-13(4-6-14)21-18(24)10-12-2-7-15(19)16(20)9-12;3-2(4,5)1(6)7/h2-9H,10H2,1H3,(H,21,24)(H,22,23);(H,6,7). The Bertz CT molecular complexity index is 1310. The Balaban J connectivity index is 0.000000540. The van der Waals surface area contributed by atoms with Crippen molar-refractivity contribution in [1.29, 1.82) is 0 Å². The first-order chi connectivity index (χ1) is 16.2. The van der Waals surface area contributed by atoms with Crippen LogP contribution in [0.15, 0.2) is 57.9 Å². The highest BCUT2D eigenvalue weighted by molar-refractivity contribution is 7.92. The third-order valence-electron chi connectivity index (χ3n) is 3.91. The zero-order chi connectivity index (χ0) is 26.4. The van der Waals surface area contributed by atoms with Crippen LogP contribution in [0.3, 0.4) is 0 Å². The fourth-order valence-electron chi connectivity index (χ4n) is 2.37. The molecule has 0 radical (unpaired) electrons. The molecule has 15 heteroatoms. The van der Waals surface area contributed by atoms with Crippen LogP contribution in [0, 0.1) is 12.7 Å². The van der Waals surface area contributed by atoms with Crippen molar-refractivity contribution in [3.8, 4) is 0 Å². The minimum Gasteiger partial charge on any atom is -0.475 e. The zero-order valence-electron chi connectivity index (χ0n) is 17.6. The van der Waals surface area contributed by atoms with Gasteiger partial charge in [-0.25, -0.2) is 17.6 Å². The molecule has 0 aliphatic rings. The summed E-state index contributed by atoms with van der Waals surface area (Å²) in [6.07, 6.45) is -5.14. The second-order valence-electron chi connectivity index (χ2n) is 6.73. The van der Waals surface area contributed by atoms with Gasteiger partial charge in [-0.3, -0.25) is 9.52 Å². The maximum atomic E-state index is 13.4. The third kappa shape index (κ3) is 8.57. The maximum Gasteiger partial charge on any atom is 0.490 e. The molecule has 3 N–H and O–H groups in total. The minimum atomic E-state index is -5.08. The van der Waals surface area contributed by atoms with Crippen molar-refractivity contribution < 1.29 is 45.2 Å². The summed E-state index contributed by atoms with van der Waals surface area (Å²) in [4.78, 5) is 21.0. The maximum absolute atomic E-state index is 13.4. The van der Waals surface area contributed by atoms with Crippen molar-refractivity contribution in [2.45, 2.75) is 24.4 Å². The van der Waals surface area contributed by atoms with Gasteiger partial charge in [0, 0.05) is 11.8 Å². The lowest BCUT2D eigenvalue weighted by Crippen LogP contribution is -2.21. The summed E-state index contributed by atoms with van der Waals surface area (Å²) in [6, 6.07) is 11.1. The first-order valence-electron chi connectivity index (χ1n) is 9.27. The molecule has 0 spiro atoms. The number of benzene rings is 2. The van der Waals surface area contributed by atoms with Crippen molar-refractivity contribution in [2.75, 3.05) is 10.0 Å². The Hall–Kier alpha value is -3.65. The van der Waals surface area contributed by atoms with Gasteiger partial charge in [-0.05, 0) is 48.9 Å². The van der Waals surface area contributed by atoms with Crippen LogP contribution in [0.5, 0.6) is 0 Å². The van der Waals surface area contributed by atoms with Gasteiger partial charge in [0.05, 0.1) is 16.3 Å². The van der Waals surface area contributed by atoms with Gasteiger partial charge in [-0.2, -0.15) is 13.2 Å². The van der Waals surface area contributed by atoms with E-state index in [4.69, 9.17) is 26.0 Å². The van der Waals surface area contributed by atoms with Gasteiger partial charge in [0.15, 0.2) is 5.82 Å². The molecule has 0 unspecified atom stereocenters. The number of carbonyl (C=O) groups is 2. The van der Waals surface area contributed by atoms with Gasteiger partial charge in [0.2, 0.25) is 5.91 Å². The second-order valence-corrected chi connectivity index (χ2v) is 8.82. The molecule has 0 aliphatic carbocycles. The summed E-state index contributed by atoms with van der Waals surface area (Å²) in [7, 11) is -3.84. The number of nitrogens with zero attached hydrogens (tertiary/aromatic N) is 1. The van der Waals surface area contributed by atoms with E-state index < -0.39 is 28.0 Å². The number of aromatic nitrogens is 1.